The molecule has 1 heterocycles. The molecule has 3 rings (SSSR count). The van der Waals surface area contributed by atoms with Gasteiger partial charge in [0.1, 0.15) is 0 Å². The molecule has 6 nitrogen and oxygen atoms in total. The minimum absolute atomic E-state index is 0.0999. The van der Waals surface area contributed by atoms with Gasteiger partial charge in [0.2, 0.25) is 5.91 Å². The van der Waals surface area contributed by atoms with Crippen molar-refractivity contribution in [3.63, 3.8) is 0 Å². The minimum atomic E-state index is -0.644. The molecule has 0 atom stereocenters. The lowest BCUT2D eigenvalue weighted by Crippen LogP contribution is -2.19. The summed E-state index contributed by atoms with van der Waals surface area (Å²) in [5.74, 6) is -0.0999. The van der Waals surface area contributed by atoms with Gasteiger partial charge < -0.3 is 21.4 Å². The predicted molar refractivity (Wildman–Crippen MR) is 103 cm³/mol. The molecule has 0 saturated heterocycles. The molecule has 0 unspecified atom stereocenters. The van der Waals surface area contributed by atoms with Crippen molar-refractivity contribution in [1.82, 2.24) is 4.98 Å². The molecule has 2 aromatic carbocycles. The number of aryl methyl sites for hydroxylation is 1. The third-order valence-electron chi connectivity index (χ3n) is 3.87. The third-order valence-corrected chi connectivity index (χ3v) is 3.87. The zero-order chi connectivity index (χ0) is 18.4. The van der Waals surface area contributed by atoms with Crippen LogP contribution in [0.5, 0.6) is 0 Å². The van der Waals surface area contributed by atoms with Crippen molar-refractivity contribution in [3.05, 3.63) is 72.4 Å². The van der Waals surface area contributed by atoms with E-state index in [1.165, 1.54) is 0 Å². The Morgan fingerprint density at radius 3 is 2.35 bits per heavy atom. The average molecular weight is 348 g/mol. The molecule has 5 N–H and O–H groups in total. The SMILES string of the molecule is NC(=O)Nc1cccc(NC(=O)CCc2ccc(-c3ccccc3)[nH]2)c1. The topological polar surface area (TPSA) is 100 Å². The maximum absolute atomic E-state index is 12.2. The molecule has 3 aromatic rings. The fraction of sp³-hybridized carbons (Fsp3) is 0.100. The molecule has 1 aromatic heterocycles. The summed E-state index contributed by atoms with van der Waals surface area (Å²) >= 11 is 0. The number of hydrogen-bond acceptors (Lipinski definition) is 2. The van der Waals surface area contributed by atoms with Gasteiger partial charge in [0.05, 0.1) is 0 Å². The number of anilines is 2. The van der Waals surface area contributed by atoms with E-state index in [2.05, 4.69) is 15.6 Å². The van der Waals surface area contributed by atoms with E-state index in [-0.39, 0.29) is 5.91 Å². The van der Waals surface area contributed by atoms with Gasteiger partial charge >= 0.3 is 6.03 Å². The quantitative estimate of drug-likeness (QED) is 0.545. The van der Waals surface area contributed by atoms with Crippen molar-refractivity contribution in [3.8, 4) is 11.3 Å². The summed E-state index contributed by atoms with van der Waals surface area (Å²) < 4.78 is 0. The molecule has 0 bridgehead atoms. The number of aromatic nitrogens is 1. The van der Waals surface area contributed by atoms with Crippen LogP contribution in [0.4, 0.5) is 16.2 Å². The maximum Gasteiger partial charge on any atom is 0.316 e. The molecule has 3 amide bonds. The lowest BCUT2D eigenvalue weighted by molar-refractivity contribution is -0.116. The van der Waals surface area contributed by atoms with E-state index >= 15 is 0 Å². The van der Waals surface area contributed by atoms with E-state index in [1.807, 2.05) is 42.5 Å². The van der Waals surface area contributed by atoms with Gasteiger partial charge in [0, 0.05) is 29.2 Å². The van der Waals surface area contributed by atoms with Gasteiger partial charge in [0.25, 0.3) is 0 Å². The summed E-state index contributed by atoms with van der Waals surface area (Å²) in [5, 5.41) is 5.30. The van der Waals surface area contributed by atoms with Crippen LogP contribution < -0.4 is 16.4 Å². The van der Waals surface area contributed by atoms with Crippen molar-refractivity contribution >= 4 is 23.3 Å². The van der Waals surface area contributed by atoms with Crippen LogP contribution in [0.1, 0.15) is 12.1 Å². The van der Waals surface area contributed by atoms with Crippen LogP contribution in [0.3, 0.4) is 0 Å². The zero-order valence-electron chi connectivity index (χ0n) is 14.2. The first-order valence-electron chi connectivity index (χ1n) is 8.30. The highest BCUT2D eigenvalue weighted by atomic mass is 16.2. The third kappa shape index (κ3) is 4.73. The Labute approximate surface area is 151 Å². The molecule has 0 spiro atoms. The number of urea groups is 1. The Morgan fingerprint density at radius 2 is 1.62 bits per heavy atom. The summed E-state index contributed by atoms with van der Waals surface area (Å²) in [5.41, 5.74) is 9.38. The molecule has 0 aliphatic heterocycles. The van der Waals surface area contributed by atoms with E-state index < -0.39 is 6.03 Å². The number of hydrogen-bond donors (Lipinski definition) is 4. The Balaban J connectivity index is 1.55. The molecule has 0 saturated carbocycles. The second-order valence-corrected chi connectivity index (χ2v) is 5.88. The number of carbonyl (C=O) groups is 2. The summed E-state index contributed by atoms with van der Waals surface area (Å²) in [6.07, 6.45) is 0.958. The standard InChI is InChI=1S/C20H20N4O2/c21-20(26)24-17-8-4-7-16(13-17)23-19(25)12-10-15-9-11-18(22-15)14-5-2-1-3-6-14/h1-9,11,13,22H,10,12H2,(H,23,25)(H3,21,24,26). The van der Waals surface area contributed by atoms with E-state index in [9.17, 15) is 9.59 Å². The van der Waals surface area contributed by atoms with E-state index in [0.29, 0.717) is 24.2 Å². The summed E-state index contributed by atoms with van der Waals surface area (Å²) in [6.45, 7) is 0. The summed E-state index contributed by atoms with van der Waals surface area (Å²) in [7, 11) is 0. The lowest BCUT2D eigenvalue weighted by Gasteiger charge is -2.07. The highest BCUT2D eigenvalue weighted by Gasteiger charge is 2.07. The lowest BCUT2D eigenvalue weighted by atomic mass is 10.2. The molecule has 0 aliphatic rings. The maximum atomic E-state index is 12.2. The first-order valence-corrected chi connectivity index (χ1v) is 8.30. The second kappa shape index (κ2) is 8.02. The van der Waals surface area contributed by atoms with Gasteiger partial charge in [-0.1, -0.05) is 36.4 Å². The zero-order valence-corrected chi connectivity index (χ0v) is 14.2. The van der Waals surface area contributed by atoms with Crippen LogP contribution in [0.25, 0.3) is 11.3 Å². The molecule has 0 fully saturated rings. The molecule has 6 heteroatoms. The smallest absolute Gasteiger partial charge is 0.316 e. The number of H-pyrrole nitrogens is 1. The number of nitrogens with one attached hydrogen (secondary N) is 3. The Hall–Kier alpha value is -3.54. The van der Waals surface area contributed by atoms with Crippen LogP contribution in [0.15, 0.2) is 66.7 Å². The van der Waals surface area contributed by atoms with Gasteiger partial charge in [-0.3, -0.25) is 4.79 Å². The predicted octanol–water partition coefficient (Wildman–Crippen LogP) is 3.74. The fourth-order valence-corrected chi connectivity index (χ4v) is 2.66. The van der Waals surface area contributed by atoms with Crippen LogP contribution in [-0.4, -0.2) is 16.9 Å². The number of nitrogens with two attached hydrogens (primary N) is 1. The fourth-order valence-electron chi connectivity index (χ4n) is 2.66. The average Bonchev–Trinajstić information content (AvgIpc) is 3.09. The number of rotatable bonds is 6. The molecular weight excluding hydrogens is 328 g/mol. The van der Waals surface area contributed by atoms with Gasteiger partial charge in [0.15, 0.2) is 0 Å². The Morgan fingerprint density at radius 1 is 0.885 bits per heavy atom. The number of amides is 3. The minimum Gasteiger partial charge on any atom is -0.358 e. The molecular formula is C20H20N4O2. The first kappa shape index (κ1) is 17.3. The number of carbonyl (C=O) groups excluding carboxylic acids is 2. The summed E-state index contributed by atoms with van der Waals surface area (Å²) in [4.78, 5) is 26.4. The van der Waals surface area contributed by atoms with Gasteiger partial charge in [-0.05, 0) is 42.3 Å². The van der Waals surface area contributed by atoms with Crippen molar-refractivity contribution in [2.45, 2.75) is 12.8 Å². The largest absolute Gasteiger partial charge is 0.358 e. The van der Waals surface area contributed by atoms with Gasteiger partial charge in [-0.15, -0.1) is 0 Å². The van der Waals surface area contributed by atoms with Crippen molar-refractivity contribution in [1.29, 1.82) is 0 Å². The highest BCUT2D eigenvalue weighted by Crippen LogP contribution is 2.19. The van der Waals surface area contributed by atoms with Crippen LogP contribution in [0.2, 0.25) is 0 Å². The van der Waals surface area contributed by atoms with Crippen LogP contribution in [-0.2, 0) is 11.2 Å². The van der Waals surface area contributed by atoms with Crippen LogP contribution in [0, 0.1) is 0 Å². The Kier molecular flexibility index (Phi) is 5.34. The first-order chi connectivity index (χ1) is 12.6. The van der Waals surface area contributed by atoms with Crippen molar-refractivity contribution in [2.75, 3.05) is 10.6 Å². The normalized spacial score (nSPS) is 10.3. The van der Waals surface area contributed by atoms with E-state index in [0.717, 1.165) is 17.0 Å². The van der Waals surface area contributed by atoms with Gasteiger partial charge in [-0.2, -0.15) is 0 Å². The number of benzene rings is 2. The van der Waals surface area contributed by atoms with E-state index in [4.69, 9.17) is 5.73 Å². The monoisotopic (exact) mass is 348 g/mol. The molecule has 26 heavy (non-hydrogen) atoms. The van der Waals surface area contributed by atoms with Gasteiger partial charge in [-0.25, -0.2) is 4.79 Å². The number of aromatic amines is 1. The Bertz CT molecular complexity index is 903. The van der Waals surface area contributed by atoms with Crippen LogP contribution >= 0.6 is 0 Å². The number of primary amides is 1. The summed E-state index contributed by atoms with van der Waals surface area (Å²) in [6, 6.07) is 20.2. The van der Waals surface area contributed by atoms with Crippen molar-refractivity contribution in [2.24, 2.45) is 5.73 Å². The highest BCUT2D eigenvalue weighted by molar-refractivity contribution is 5.93. The van der Waals surface area contributed by atoms with Crippen molar-refractivity contribution < 1.29 is 9.59 Å². The second-order valence-electron chi connectivity index (χ2n) is 5.88. The van der Waals surface area contributed by atoms with E-state index in [1.54, 1.807) is 24.3 Å². The molecule has 132 valence electrons. The molecule has 0 radical (unpaired) electrons. The molecule has 0 aliphatic carbocycles.